The van der Waals surface area contributed by atoms with E-state index < -0.39 is 17.6 Å². The average Bonchev–Trinajstić information content (AvgIpc) is 2.78. The van der Waals surface area contributed by atoms with Crippen LogP contribution in [-0.2, 0) is 19.1 Å². The molecule has 0 aliphatic rings. The topological polar surface area (TPSA) is 17.8 Å². The van der Waals surface area contributed by atoms with Crippen LogP contribution in [0, 0.1) is 5.82 Å². The molecule has 1 heterocycles. The molecule has 0 amide bonds. The largest absolute Gasteiger partial charge is 0.419 e. The van der Waals surface area contributed by atoms with Crippen LogP contribution >= 0.6 is 0 Å². The normalized spacial score (nSPS) is 11.8. The van der Waals surface area contributed by atoms with Gasteiger partial charge in [-0.3, -0.25) is 0 Å². The Balaban J connectivity index is 2.31. The molecule has 0 saturated heterocycles. The van der Waals surface area contributed by atoms with E-state index in [-0.39, 0.29) is 12.1 Å². The molecule has 19 heavy (non-hydrogen) atoms. The second kappa shape index (κ2) is 5.03. The Morgan fingerprint density at radius 2 is 2.00 bits per heavy atom. The maximum atomic E-state index is 13.8. The van der Waals surface area contributed by atoms with Crippen LogP contribution in [0.1, 0.15) is 23.7 Å². The van der Waals surface area contributed by atoms with Gasteiger partial charge in [0.25, 0.3) is 0 Å². The fraction of sp³-hybridized carbons (Fsp3) is 0.308. The molecule has 0 fully saturated rings. The summed E-state index contributed by atoms with van der Waals surface area (Å²) < 4.78 is 53.1. The lowest BCUT2D eigenvalue weighted by atomic mass is 10.1. The number of hydrogen-bond donors (Lipinski definition) is 0. The second-order valence-corrected chi connectivity index (χ2v) is 4.17. The highest BCUT2D eigenvalue weighted by molar-refractivity contribution is 5.28. The van der Waals surface area contributed by atoms with Gasteiger partial charge in [-0.15, -0.1) is 0 Å². The monoisotopic (exact) mass is 272 g/mol. The highest BCUT2D eigenvalue weighted by Gasteiger charge is 2.34. The van der Waals surface area contributed by atoms with Gasteiger partial charge in [-0.1, -0.05) is 19.1 Å². The summed E-state index contributed by atoms with van der Waals surface area (Å²) in [5.41, 5.74) is -0.428. The Morgan fingerprint density at radius 3 is 2.58 bits per heavy atom. The molecule has 0 radical (unpaired) electrons. The van der Waals surface area contributed by atoms with Crippen molar-refractivity contribution >= 4 is 0 Å². The minimum atomic E-state index is -4.68. The van der Waals surface area contributed by atoms with Crippen LogP contribution in [0.15, 0.2) is 30.7 Å². The number of rotatable bonds is 3. The number of aromatic nitrogens is 2. The quantitative estimate of drug-likeness (QED) is 0.780. The van der Waals surface area contributed by atoms with Crippen LogP contribution in [0.4, 0.5) is 17.6 Å². The molecule has 1 aromatic carbocycles. The third kappa shape index (κ3) is 2.94. The van der Waals surface area contributed by atoms with E-state index in [0.29, 0.717) is 0 Å². The van der Waals surface area contributed by atoms with Crippen LogP contribution in [0.3, 0.4) is 0 Å². The fourth-order valence-corrected chi connectivity index (χ4v) is 1.79. The molecular formula is C13H12F4N2. The molecule has 0 unspecified atom stereocenters. The first-order chi connectivity index (χ1) is 8.91. The van der Waals surface area contributed by atoms with Crippen LogP contribution in [0.5, 0.6) is 0 Å². The average molecular weight is 272 g/mol. The first kappa shape index (κ1) is 13.6. The molecule has 6 heteroatoms. The van der Waals surface area contributed by atoms with Gasteiger partial charge in [0.1, 0.15) is 5.82 Å². The van der Waals surface area contributed by atoms with Gasteiger partial charge in [-0.05, 0) is 12.5 Å². The van der Waals surface area contributed by atoms with Gasteiger partial charge in [0.15, 0.2) is 0 Å². The summed E-state index contributed by atoms with van der Waals surface area (Å²) in [6.07, 6.45) is -0.778. The molecule has 2 rings (SSSR count). The van der Waals surface area contributed by atoms with E-state index in [1.807, 2.05) is 6.92 Å². The van der Waals surface area contributed by atoms with Crippen LogP contribution in [-0.4, -0.2) is 9.55 Å². The molecule has 0 aliphatic carbocycles. The number of aryl methyl sites for hydroxylation is 1. The highest BCUT2D eigenvalue weighted by Crippen LogP contribution is 2.32. The lowest BCUT2D eigenvalue weighted by Crippen LogP contribution is -2.11. The molecule has 0 spiro atoms. The van der Waals surface area contributed by atoms with Crippen molar-refractivity contribution in [2.45, 2.75) is 26.1 Å². The predicted molar refractivity (Wildman–Crippen MR) is 62.1 cm³/mol. The number of benzene rings is 1. The fourth-order valence-electron chi connectivity index (χ4n) is 1.79. The Hall–Kier alpha value is -1.85. The van der Waals surface area contributed by atoms with E-state index in [2.05, 4.69) is 4.98 Å². The molecule has 0 N–H and O–H groups in total. The van der Waals surface area contributed by atoms with E-state index in [9.17, 15) is 17.6 Å². The van der Waals surface area contributed by atoms with Crippen molar-refractivity contribution in [2.24, 2.45) is 0 Å². The van der Waals surface area contributed by atoms with E-state index in [0.717, 1.165) is 18.2 Å². The van der Waals surface area contributed by atoms with Gasteiger partial charge >= 0.3 is 6.18 Å². The van der Waals surface area contributed by atoms with Gasteiger partial charge < -0.3 is 4.57 Å². The summed E-state index contributed by atoms with van der Waals surface area (Å²) in [7, 11) is 0. The van der Waals surface area contributed by atoms with Gasteiger partial charge in [-0.2, -0.15) is 13.2 Å². The smallest absolute Gasteiger partial charge is 0.333 e. The zero-order valence-electron chi connectivity index (χ0n) is 10.2. The molecule has 2 aromatic rings. The van der Waals surface area contributed by atoms with Crippen molar-refractivity contribution < 1.29 is 17.6 Å². The third-order valence-electron chi connectivity index (χ3n) is 2.79. The zero-order valence-corrected chi connectivity index (χ0v) is 10.2. The van der Waals surface area contributed by atoms with E-state index in [1.165, 1.54) is 18.5 Å². The minimum absolute atomic E-state index is 0.00474. The first-order valence-corrected chi connectivity index (χ1v) is 5.77. The van der Waals surface area contributed by atoms with Crippen LogP contribution < -0.4 is 0 Å². The zero-order chi connectivity index (χ0) is 14.0. The Labute approximate surface area is 107 Å². The summed E-state index contributed by atoms with van der Waals surface area (Å²) >= 11 is 0. The lowest BCUT2D eigenvalue weighted by molar-refractivity contribution is -0.140. The third-order valence-corrected chi connectivity index (χ3v) is 2.79. The standard InChI is InChI=1S/C13H12F4N2/c1-2-10-7-19(8-18-10)6-9-4-3-5-11(12(9)14)13(15,16)17/h3-5,7-8H,2,6H2,1H3. The maximum Gasteiger partial charge on any atom is 0.419 e. The van der Waals surface area contributed by atoms with Gasteiger partial charge in [0.05, 0.1) is 24.1 Å². The molecule has 2 nitrogen and oxygen atoms in total. The molecule has 0 aliphatic heterocycles. The number of nitrogens with zero attached hydrogens (tertiary/aromatic N) is 2. The second-order valence-electron chi connectivity index (χ2n) is 4.17. The summed E-state index contributed by atoms with van der Waals surface area (Å²) in [6.45, 7) is 1.94. The van der Waals surface area contributed by atoms with Crippen molar-refractivity contribution in [3.05, 3.63) is 53.4 Å². The molecule has 0 bridgehead atoms. The van der Waals surface area contributed by atoms with Crippen molar-refractivity contribution in [3.8, 4) is 0 Å². The van der Waals surface area contributed by atoms with Gasteiger partial charge in [-0.25, -0.2) is 9.37 Å². The van der Waals surface area contributed by atoms with Crippen molar-refractivity contribution in [2.75, 3.05) is 0 Å². The number of halogens is 4. The van der Waals surface area contributed by atoms with E-state index in [4.69, 9.17) is 0 Å². The Bertz CT molecular complexity index is 572. The number of imidazole rings is 1. The molecule has 1 aromatic heterocycles. The number of hydrogen-bond acceptors (Lipinski definition) is 1. The van der Waals surface area contributed by atoms with E-state index in [1.54, 1.807) is 10.8 Å². The van der Waals surface area contributed by atoms with Crippen LogP contribution in [0.2, 0.25) is 0 Å². The van der Waals surface area contributed by atoms with E-state index >= 15 is 0 Å². The molecule has 0 atom stereocenters. The molecular weight excluding hydrogens is 260 g/mol. The summed E-state index contributed by atoms with van der Waals surface area (Å²) in [6, 6.07) is 3.29. The van der Waals surface area contributed by atoms with Crippen molar-refractivity contribution in [3.63, 3.8) is 0 Å². The Kier molecular flexibility index (Phi) is 3.59. The SMILES string of the molecule is CCc1cn(Cc2cccc(C(F)(F)F)c2F)cn1. The number of alkyl halides is 3. The van der Waals surface area contributed by atoms with Gasteiger partial charge in [0.2, 0.25) is 0 Å². The van der Waals surface area contributed by atoms with Gasteiger partial charge in [0, 0.05) is 11.8 Å². The first-order valence-electron chi connectivity index (χ1n) is 5.77. The van der Waals surface area contributed by atoms with Crippen LogP contribution in [0.25, 0.3) is 0 Å². The van der Waals surface area contributed by atoms with Crippen molar-refractivity contribution in [1.29, 1.82) is 0 Å². The lowest BCUT2D eigenvalue weighted by Gasteiger charge is -2.11. The van der Waals surface area contributed by atoms with Crippen molar-refractivity contribution in [1.82, 2.24) is 9.55 Å². The maximum absolute atomic E-state index is 13.8. The summed E-state index contributed by atoms with van der Waals surface area (Å²) in [5.74, 6) is -1.22. The predicted octanol–water partition coefficient (Wildman–Crippen LogP) is 3.65. The Morgan fingerprint density at radius 1 is 1.26 bits per heavy atom. The molecule has 102 valence electrons. The highest BCUT2D eigenvalue weighted by atomic mass is 19.4. The molecule has 0 saturated carbocycles. The minimum Gasteiger partial charge on any atom is -0.333 e. The summed E-state index contributed by atoms with van der Waals surface area (Å²) in [4.78, 5) is 4.05. The summed E-state index contributed by atoms with van der Waals surface area (Å²) in [5, 5.41) is 0.